The molecule has 1 heterocycles. The van der Waals surface area contributed by atoms with Gasteiger partial charge in [-0.15, -0.1) is 0 Å². The molecular weight excluding hydrogens is 368 g/mol. The number of ether oxygens (including phenoxy) is 1. The second-order valence-electron chi connectivity index (χ2n) is 3.42. The van der Waals surface area contributed by atoms with Crippen LogP contribution in [0.15, 0.2) is 43.9 Å². The highest BCUT2D eigenvalue weighted by Crippen LogP contribution is 2.33. The van der Waals surface area contributed by atoms with E-state index in [1.165, 1.54) is 6.26 Å². The van der Waals surface area contributed by atoms with E-state index in [-0.39, 0.29) is 12.4 Å². The van der Waals surface area contributed by atoms with E-state index in [9.17, 15) is 4.79 Å². The highest BCUT2D eigenvalue weighted by molar-refractivity contribution is 9.11. The Balaban J connectivity index is 2.17. The summed E-state index contributed by atoms with van der Waals surface area (Å²) in [6.07, 6.45) is 1.33. The quantitative estimate of drug-likeness (QED) is 0.874. The molecule has 0 amide bonds. The largest absolute Gasteiger partial charge is 0.486 e. The first-order valence-electron chi connectivity index (χ1n) is 4.96. The van der Waals surface area contributed by atoms with Crippen LogP contribution in [0.25, 0.3) is 0 Å². The van der Waals surface area contributed by atoms with E-state index in [0.717, 1.165) is 8.95 Å². The number of furan rings is 1. The second-order valence-corrected chi connectivity index (χ2v) is 5.13. The van der Waals surface area contributed by atoms with Crippen LogP contribution in [-0.4, -0.2) is 11.1 Å². The van der Waals surface area contributed by atoms with Gasteiger partial charge < -0.3 is 14.3 Å². The molecule has 0 radical (unpaired) electrons. The molecule has 1 aromatic heterocycles. The SMILES string of the molecule is O=C(O)c1occc1COc1c(Br)cccc1Br. The van der Waals surface area contributed by atoms with Crippen LogP contribution < -0.4 is 4.74 Å². The van der Waals surface area contributed by atoms with Crippen LogP contribution in [0, 0.1) is 0 Å². The van der Waals surface area contributed by atoms with Gasteiger partial charge in [0.2, 0.25) is 5.76 Å². The fraction of sp³-hybridized carbons (Fsp3) is 0.0833. The van der Waals surface area contributed by atoms with Gasteiger partial charge in [0, 0.05) is 5.56 Å². The predicted molar refractivity (Wildman–Crippen MR) is 71.8 cm³/mol. The molecule has 18 heavy (non-hydrogen) atoms. The molecule has 0 aliphatic heterocycles. The summed E-state index contributed by atoms with van der Waals surface area (Å²) in [4.78, 5) is 10.9. The van der Waals surface area contributed by atoms with Crippen LogP contribution in [0.5, 0.6) is 5.75 Å². The highest BCUT2D eigenvalue weighted by Gasteiger charge is 2.15. The molecule has 0 saturated heterocycles. The Hall–Kier alpha value is -1.27. The van der Waals surface area contributed by atoms with Crippen molar-refractivity contribution in [1.29, 1.82) is 0 Å². The molecule has 2 aromatic rings. The summed E-state index contributed by atoms with van der Waals surface area (Å²) in [6.45, 7) is 0.124. The average Bonchev–Trinajstić information content (AvgIpc) is 2.76. The molecule has 0 aliphatic carbocycles. The Labute approximate surface area is 120 Å². The van der Waals surface area contributed by atoms with Crippen LogP contribution in [-0.2, 0) is 6.61 Å². The van der Waals surface area contributed by atoms with Crippen LogP contribution in [0.4, 0.5) is 0 Å². The van der Waals surface area contributed by atoms with Crippen molar-refractivity contribution in [3.63, 3.8) is 0 Å². The fourth-order valence-corrected chi connectivity index (χ4v) is 2.63. The van der Waals surface area contributed by atoms with Gasteiger partial charge in [-0.25, -0.2) is 4.79 Å². The monoisotopic (exact) mass is 374 g/mol. The predicted octanol–water partition coefficient (Wildman–Crippen LogP) is 4.08. The summed E-state index contributed by atoms with van der Waals surface area (Å²) in [7, 11) is 0. The van der Waals surface area contributed by atoms with Crippen molar-refractivity contribution in [1.82, 2.24) is 0 Å². The van der Waals surface area contributed by atoms with Gasteiger partial charge in [-0.1, -0.05) is 6.07 Å². The number of hydrogen-bond donors (Lipinski definition) is 1. The molecule has 0 atom stereocenters. The zero-order chi connectivity index (χ0) is 13.1. The van der Waals surface area contributed by atoms with E-state index in [2.05, 4.69) is 31.9 Å². The molecule has 1 aromatic carbocycles. The van der Waals surface area contributed by atoms with Crippen molar-refractivity contribution in [3.05, 3.63) is 50.8 Å². The van der Waals surface area contributed by atoms with Crippen LogP contribution in [0.3, 0.4) is 0 Å². The summed E-state index contributed by atoms with van der Waals surface area (Å²) in [5.74, 6) is -0.585. The minimum absolute atomic E-state index is 0.0989. The molecule has 0 saturated carbocycles. The summed E-state index contributed by atoms with van der Waals surface area (Å²) < 4.78 is 12.0. The minimum atomic E-state index is -1.11. The third kappa shape index (κ3) is 2.76. The van der Waals surface area contributed by atoms with Gasteiger partial charge in [0.05, 0.1) is 15.2 Å². The number of carbonyl (C=O) groups is 1. The molecule has 0 bridgehead atoms. The molecule has 0 spiro atoms. The second kappa shape index (κ2) is 5.58. The summed E-state index contributed by atoms with van der Waals surface area (Å²) in [5, 5.41) is 8.89. The third-order valence-corrected chi connectivity index (χ3v) is 3.48. The first-order valence-corrected chi connectivity index (χ1v) is 6.54. The number of rotatable bonds is 4. The highest BCUT2D eigenvalue weighted by atomic mass is 79.9. The van der Waals surface area contributed by atoms with Crippen LogP contribution >= 0.6 is 31.9 Å². The standard InChI is InChI=1S/C12H8Br2O4/c13-8-2-1-3-9(14)11(8)18-6-7-4-5-17-10(7)12(15)16/h1-5H,6H2,(H,15,16). The van der Waals surface area contributed by atoms with Crippen molar-refractivity contribution in [2.75, 3.05) is 0 Å². The van der Waals surface area contributed by atoms with E-state index in [1.807, 2.05) is 18.2 Å². The van der Waals surface area contributed by atoms with Gasteiger partial charge in [-0.3, -0.25) is 0 Å². The van der Waals surface area contributed by atoms with Crippen LogP contribution in [0.2, 0.25) is 0 Å². The Morgan fingerprint density at radius 2 is 1.94 bits per heavy atom. The fourth-order valence-electron chi connectivity index (χ4n) is 1.41. The Kier molecular flexibility index (Phi) is 4.08. The normalized spacial score (nSPS) is 10.3. The van der Waals surface area contributed by atoms with E-state index in [1.54, 1.807) is 6.07 Å². The van der Waals surface area contributed by atoms with E-state index < -0.39 is 5.97 Å². The Morgan fingerprint density at radius 1 is 1.28 bits per heavy atom. The first kappa shape index (κ1) is 13.2. The summed E-state index contributed by atoms with van der Waals surface area (Å²) in [5.41, 5.74) is 0.491. The zero-order valence-corrected chi connectivity index (χ0v) is 12.2. The lowest BCUT2D eigenvalue weighted by Crippen LogP contribution is -2.03. The Bertz CT molecular complexity index is 557. The molecule has 0 fully saturated rings. The number of carboxylic acids is 1. The van der Waals surface area contributed by atoms with E-state index in [4.69, 9.17) is 14.3 Å². The van der Waals surface area contributed by atoms with Crippen LogP contribution in [0.1, 0.15) is 16.1 Å². The lowest BCUT2D eigenvalue weighted by Gasteiger charge is -2.09. The lowest BCUT2D eigenvalue weighted by atomic mass is 10.2. The van der Waals surface area contributed by atoms with Crippen molar-refractivity contribution in [2.24, 2.45) is 0 Å². The molecule has 0 unspecified atom stereocenters. The molecule has 6 heteroatoms. The molecule has 1 N–H and O–H groups in total. The maximum absolute atomic E-state index is 10.9. The van der Waals surface area contributed by atoms with Gasteiger partial charge in [0.1, 0.15) is 12.4 Å². The number of para-hydroxylation sites is 1. The average molecular weight is 376 g/mol. The third-order valence-electron chi connectivity index (χ3n) is 2.23. The molecule has 4 nitrogen and oxygen atoms in total. The Morgan fingerprint density at radius 3 is 2.56 bits per heavy atom. The number of benzene rings is 1. The minimum Gasteiger partial charge on any atom is -0.486 e. The van der Waals surface area contributed by atoms with Gasteiger partial charge in [0.15, 0.2) is 0 Å². The number of carboxylic acid groups (broad SMARTS) is 1. The zero-order valence-electron chi connectivity index (χ0n) is 9.02. The maximum atomic E-state index is 10.9. The molecule has 94 valence electrons. The maximum Gasteiger partial charge on any atom is 0.372 e. The van der Waals surface area contributed by atoms with Crippen molar-refractivity contribution in [3.8, 4) is 5.75 Å². The molecular formula is C12H8Br2O4. The van der Waals surface area contributed by atoms with Gasteiger partial charge in [0.25, 0.3) is 0 Å². The number of halogens is 2. The van der Waals surface area contributed by atoms with Gasteiger partial charge in [-0.2, -0.15) is 0 Å². The molecule has 2 rings (SSSR count). The topological polar surface area (TPSA) is 59.7 Å². The first-order chi connectivity index (χ1) is 8.59. The molecule has 0 aliphatic rings. The summed E-state index contributed by atoms with van der Waals surface area (Å²) in [6, 6.07) is 7.12. The van der Waals surface area contributed by atoms with Gasteiger partial charge >= 0.3 is 5.97 Å². The smallest absolute Gasteiger partial charge is 0.372 e. The lowest BCUT2D eigenvalue weighted by molar-refractivity contribution is 0.0658. The van der Waals surface area contributed by atoms with E-state index >= 15 is 0 Å². The number of aromatic carboxylic acids is 1. The number of hydrogen-bond acceptors (Lipinski definition) is 3. The van der Waals surface area contributed by atoms with Crippen molar-refractivity contribution < 1.29 is 19.1 Å². The van der Waals surface area contributed by atoms with E-state index in [0.29, 0.717) is 11.3 Å². The van der Waals surface area contributed by atoms with Crippen molar-refractivity contribution >= 4 is 37.8 Å². The van der Waals surface area contributed by atoms with Crippen molar-refractivity contribution in [2.45, 2.75) is 6.61 Å². The van der Waals surface area contributed by atoms with Gasteiger partial charge in [-0.05, 0) is 50.1 Å². The summed E-state index contributed by atoms with van der Waals surface area (Å²) >= 11 is 6.73.